The van der Waals surface area contributed by atoms with Gasteiger partial charge < -0.3 is 9.64 Å². The van der Waals surface area contributed by atoms with Crippen molar-refractivity contribution in [3.05, 3.63) is 87.6 Å². The lowest BCUT2D eigenvalue weighted by molar-refractivity contribution is 0.151. The molecule has 0 fully saturated rings. The molecule has 0 unspecified atom stereocenters. The average Bonchev–Trinajstić information content (AvgIpc) is 2.73. The molecule has 0 aliphatic rings. The van der Waals surface area contributed by atoms with Gasteiger partial charge in [-0.2, -0.15) is 5.10 Å². The number of carbonyl (C=O) groups is 1. The van der Waals surface area contributed by atoms with Gasteiger partial charge in [-0.3, -0.25) is 10.1 Å². The number of anilines is 1. The fourth-order valence-electron chi connectivity index (χ4n) is 2.82. The minimum absolute atomic E-state index is 0.0708. The van der Waals surface area contributed by atoms with Crippen molar-refractivity contribution in [1.29, 1.82) is 0 Å². The summed E-state index contributed by atoms with van der Waals surface area (Å²) in [5.74, 6) is -4.31. The lowest BCUT2D eigenvalue weighted by Gasteiger charge is -2.11. The number of aromatic nitrogens is 2. The van der Waals surface area contributed by atoms with Gasteiger partial charge in [0.15, 0.2) is 17.5 Å². The van der Waals surface area contributed by atoms with Crippen molar-refractivity contribution in [3.63, 3.8) is 0 Å². The Bertz CT molecular complexity index is 1160. The van der Waals surface area contributed by atoms with Crippen LogP contribution in [0.25, 0.3) is 5.69 Å². The highest BCUT2D eigenvalue weighted by atomic mass is 19.2. The van der Waals surface area contributed by atoms with Gasteiger partial charge in [0.1, 0.15) is 12.3 Å². The summed E-state index contributed by atoms with van der Waals surface area (Å²) in [6.45, 7) is 0.817. The highest BCUT2D eigenvalue weighted by molar-refractivity contribution is 5.84. The van der Waals surface area contributed by atoms with Crippen LogP contribution in [0.15, 0.2) is 53.5 Å². The third-order valence-electron chi connectivity index (χ3n) is 4.43. The molecule has 1 heterocycles. The fourth-order valence-corrected chi connectivity index (χ4v) is 2.82. The maximum atomic E-state index is 13.6. The SMILES string of the molecule is CN(C)CCOC(=O)Nc1cccc(Cc2nn(-c3cc(F)c(F)c(F)c3)ccc2=O)c1. The van der Waals surface area contributed by atoms with Crippen LogP contribution in [0.1, 0.15) is 11.3 Å². The van der Waals surface area contributed by atoms with Crippen LogP contribution in [0.4, 0.5) is 23.7 Å². The van der Waals surface area contributed by atoms with Gasteiger partial charge in [-0.1, -0.05) is 12.1 Å². The van der Waals surface area contributed by atoms with Crippen molar-refractivity contribution in [1.82, 2.24) is 14.7 Å². The molecule has 0 bridgehead atoms. The fraction of sp³-hybridized carbons (Fsp3) is 0.227. The van der Waals surface area contributed by atoms with Crippen LogP contribution in [0.2, 0.25) is 0 Å². The molecule has 0 atom stereocenters. The predicted octanol–water partition coefficient (Wildman–Crippen LogP) is 3.35. The van der Waals surface area contributed by atoms with Gasteiger partial charge in [0.25, 0.3) is 0 Å². The maximum absolute atomic E-state index is 13.6. The summed E-state index contributed by atoms with van der Waals surface area (Å²) >= 11 is 0. The predicted molar refractivity (Wildman–Crippen MR) is 112 cm³/mol. The smallest absolute Gasteiger partial charge is 0.411 e. The first-order chi connectivity index (χ1) is 15.2. The molecule has 0 aliphatic heterocycles. The minimum Gasteiger partial charge on any atom is -0.448 e. The molecule has 0 saturated heterocycles. The first-order valence-electron chi connectivity index (χ1n) is 9.64. The maximum Gasteiger partial charge on any atom is 0.411 e. The second-order valence-electron chi connectivity index (χ2n) is 7.24. The van der Waals surface area contributed by atoms with E-state index in [4.69, 9.17) is 4.74 Å². The van der Waals surface area contributed by atoms with Crippen LogP contribution in [0, 0.1) is 17.5 Å². The Morgan fingerprint density at radius 1 is 1.12 bits per heavy atom. The van der Waals surface area contributed by atoms with Gasteiger partial charge in [0.05, 0.1) is 5.69 Å². The zero-order valence-electron chi connectivity index (χ0n) is 17.4. The van der Waals surface area contributed by atoms with Crippen LogP contribution in [-0.4, -0.2) is 48.0 Å². The summed E-state index contributed by atoms with van der Waals surface area (Å²) in [6, 6.07) is 9.51. The number of carbonyl (C=O) groups excluding carboxylic acids is 1. The molecule has 32 heavy (non-hydrogen) atoms. The molecule has 1 N–H and O–H groups in total. The quantitative estimate of drug-likeness (QED) is 0.564. The van der Waals surface area contributed by atoms with E-state index in [1.165, 1.54) is 12.3 Å². The van der Waals surface area contributed by atoms with Gasteiger partial charge in [-0.25, -0.2) is 22.6 Å². The number of amides is 1. The molecule has 1 aromatic heterocycles. The first-order valence-corrected chi connectivity index (χ1v) is 9.64. The van der Waals surface area contributed by atoms with Crippen molar-refractivity contribution in [2.45, 2.75) is 6.42 Å². The van der Waals surface area contributed by atoms with E-state index in [9.17, 15) is 22.8 Å². The van der Waals surface area contributed by atoms with Crippen molar-refractivity contribution in [2.24, 2.45) is 0 Å². The molecule has 2 aromatic carbocycles. The molecule has 0 spiro atoms. The van der Waals surface area contributed by atoms with E-state index >= 15 is 0 Å². The van der Waals surface area contributed by atoms with Crippen molar-refractivity contribution < 1.29 is 22.7 Å². The zero-order valence-corrected chi connectivity index (χ0v) is 17.4. The lowest BCUT2D eigenvalue weighted by Crippen LogP contribution is -2.22. The van der Waals surface area contributed by atoms with Crippen LogP contribution in [0.5, 0.6) is 0 Å². The van der Waals surface area contributed by atoms with E-state index in [2.05, 4.69) is 10.4 Å². The van der Waals surface area contributed by atoms with Crippen LogP contribution in [0.3, 0.4) is 0 Å². The standard InChI is InChI=1S/C22H21F3N4O3/c1-28(2)8-9-32-22(31)26-15-5-3-4-14(10-15)11-19-20(30)6-7-29(27-19)16-12-17(23)21(25)18(24)13-16/h3-7,10,12-13H,8-9,11H2,1-2H3,(H,26,31). The Balaban J connectivity index is 1.76. The van der Waals surface area contributed by atoms with E-state index in [1.807, 2.05) is 19.0 Å². The number of rotatable bonds is 7. The zero-order chi connectivity index (χ0) is 23.3. The average molecular weight is 446 g/mol. The second-order valence-corrected chi connectivity index (χ2v) is 7.24. The summed E-state index contributed by atoms with van der Waals surface area (Å²) in [7, 11) is 3.72. The molecule has 3 aromatic rings. The number of nitrogens with one attached hydrogen (secondary N) is 1. The normalized spacial score (nSPS) is 10.9. The summed E-state index contributed by atoms with van der Waals surface area (Å²) in [5.41, 5.74) is 0.777. The number of likely N-dealkylation sites (N-methyl/N-ethyl adjacent to an activating group) is 1. The highest BCUT2D eigenvalue weighted by Gasteiger charge is 2.13. The first kappa shape index (κ1) is 23.0. The summed E-state index contributed by atoms with van der Waals surface area (Å²) in [4.78, 5) is 26.0. The van der Waals surface area contributed by atoms with Crippen molar-refractivity contribution in [2.75, 3.05) is 32.6 Å². The number of ether oxygens (including phenoxy) is 1. The molecular formula is C22H21F3N4O3. The number of hydrogen-bond donors (Lipinski definition) is 1. The summed E-state index contributed by atoms with van der Waals surface area (Å²) in [5, 5.41) is 6.74. The van der Waals surface area contributed by atoms with Gasteiger partial charge in [-0.15, -0.1) is 0 Å². The van der Waals surface area contributed by atoms with E-state index in [0.717, 1.165) is 16.8 Å². The van der Waals surface area contributed by atoms with Gasteiger partial charge in [0.2, 0.25) is 5.43 Å². The Labute approximate surface area is 182 Å². The largest absolute Gasteiger partial charge is 0.448 e. The molecule has 1 amide bonds. The molecule has 10 heteroatoms. The topological polar surface area (TPSA) is 76.5 Å². The number of nitrogens with zero attached hydrogens (tertiary/aromatic N) is 3. The Kier molecular flexibility index (Phi) is 7.26. The number of hydrogen-bond acceptors (Lipinski definition) is 5. The second kappa shape index (κ2) is 10.1. The minimum atomic E-state index is -1.58. The Hall–Kier alpha value is -3.66. The monoisotopic (exact) mass is 446 g/mol. The van der Waals surface area contributed by atoms with Gasteiger partial charge >= 0.3 is 6.09 Å². The van der Waals surface area contributed by atoms with Crippen LogP contribution >= 0.6 is 0 Å². The molecular weight excluding hydrogens is 425 g/mol. The Morgan fingerprint density at radius 3 is 2.53 bits per heavy atom. The molecule has 168 valence electrons. The Morgan fingerprint density at radius 2 is 1.84 bits per heavy atom. The van der Waals surface area contributed by atoms with Gasteiger partial charge in [0, 0.05) is 43.0 Å². The molecule has 0 saturated carbocycles. The van der Waals surface area contributed by atoms with E-state index in [-0.39, 0.29) is 29.8 Å². The highest BCUT2D eigenvalue weighted by Crippen LogP contribution is 2.17. The van der Waals surface area contributed by atoms with E-state index in [1.54, 1.807) is 24.3 Å². The summed E-state index contributed by atoms with van der Waals surface area (Å²) < 4.78 is 46.5. The molecule has 3 rings (SSSR count). The van der Waals surface area contributed by atoms with E-state index < -0.39 is 23.5 Å². The van der Waals surface area contributed by atoms with Crippen molar-refractivity contribution in [3.8, 4) is 5.69 Å². The van der Waals surface area contributed by atoms with E-state index in [0.29, 0.717) is 17.8 Å². The molecule has 7 nitrogen and oxygen atoms in total. The third-order valence-corrected chi connectivity index (χ3v) is 4.43. The van der Waals surface area contributed by atoms with Gasteiger partial charge in [-0.05, 0) is 31.8 Å². The van der Waals surface area contributed by atoms with Crippen LogP contribution < -0.4 is 10.7 Å². The van der Waals surface area contributed by atoms with Crippen LogP contribution in [-0.2, 0) is 11.2 Å². The molecule has 0 radical (unpaired) electrons. The lowest BCUT2D eigenvalue weighted by atomic mass is 10.1. The number of benzene rings is 2. The summed E-state index contributed by atoms with van der Waals surface area (Å²) in [6.07, 6.45) is 0.723. The number of halogens is 3. The van der Waals surface area contributed by atoms with Crippen molar-refractivity contribution >= 4 is 11.8 Å². The third kappa shape index (κ3) is 5.94. The molecule has 0 aliphatic carbocycles.